The first-order valence-electron chi connectivity index (χ1n) is 3.64. The number of carboxylic acid groups (broad SMARTS) is 2. The molecule has 1 heterocycles. The van der Waals surface area contributed by atoms with Crippen molar-refractivity contribution in [2.45, 2.75) is 6.92 Å². The standard InChI is InChI=1S/C8H7NO5/c1-3-6(8(13)14)4(7(11)12)2-5(10)9-3/h2H,1H3,(H,9,10)(H,11,12)(H,13,14). The summed E-state index contributed by atoms with van der Waals surface area (Å²) < 4.78 is 0. The number of hydrogen-bond donors (Lipinski definition) is 3. The van der Waals surface area contributed by atoms with Crippen LogP contribution in [0.3, 0.4) is 0 Å². The normalized spacial score (nSPS) is 9.79. The molecule has 14 heavy (non-hydrogen) atoms. The van der Waals surface area contributed by atoms with Crippen LogP contribution in [-0.2, 0) is 0 Å². The fourth-order valence-electron chi connectivity index (χ4n) is 1.13. The third kappa shape index (κ3) is 1.63. The fourth-order valence-corrected chi connectivity index (χ4v) is 1.13. The summed E-state index contributed by atoms with van der Waals surface area (Å²) in [7, 11) is 0. The minimum Gasteiger partial charge on any atom is -0.478 e. The molecule has 0 saturated heterocycles. The summed E-state index contributed by atoms with van der Waals surface area (Å²) in [4.78, 5) is 34.4. The maximum atomic E-state index is 10.9. The Balaban J connectivity index is 3.61. The Morgan fingerprint density at radius 2 is 1.86 bits per heavy atom. The van der Waals surface area contributed by atoms with E-state index in [1.807, 2.05) is 0 Å². The van der Waals surface area contributed by atoms with Gasteiger partial charge >= 0.3 is 11.9 Å². The number of hydrogen-bond acceptors (Lipinski definition) is 3. The first-order chi connectivity index (χ1) is 6.43. The Bertz CT molecular complexity index is 459. The summed E-state index contributed by atoms with van der Waals surface area (Å²) in [6.45, 7) is 1.33. The number of aromatic carboxylic acids is 2. The second-order valence-corrected chi connectivity index (χ2v) is 2.66. The molecular weight excluding hydrogens is 190 g/mol. The molecular formula is C8H7NO5. The molecule has 0 unspecified atom stereocenters. The minimum absolute atomic E-state index is 0.0300. The Kier molecular flexibility index (Phi) is 2.37. The van der Waals surface area contributed by atoms with Gasteiger partial charge in [0.15, 0.2) is 0 Å². The molecule has 0 amide bonds. The van der Waals surface area contributed by atoms with E-state index in [0.29, 0.717) is 0 Å². The molecule has 0 aliphatic heterocycles. The zero-order chi connectivity index (χ0) is 10.9. The van der Waals surface area contributed by atoms with Crippen LogP contribution < -0.4 is 5.56 Å². The number of aryl methyl sites for hydroxylation is 1. The number of aromatic nitrogens is 1. The predicted molar refractivity (Wildman–Crippen MR) is 45.7 cm³/mol. The lowest BCUT2D eigenvalue weighted by molar-refractivity contribution is 0.0650. The van der Waals surface area contributed by atoms with Gasteiger partial charge in [-0.15, -0.1) is 0 Å². The molecule has 0 fully saturated rings. The molecule has 6 nitrogen and oxygen atoms in total. The summed E-state index contributed by atoms with van der Waals surface area (Å²) in [5.41, 5.74) is -1.50. The number of H-pyrrole nitrogens is 1. The van der Waals surface area contributed by atoms with Crippen molar-refractivity contribution in [1.29, 1.82) is 0 Å². The third-order valence-corrected chi connectivity index (χ3v) is 1.67. The van der Waals surface area contributed by atoms with Crippen molar-refractivity contribution in [2.24, 2.45) is 0 Å². The molecule has 0 bridgehead atoms. The van der Waals surface area contributed by atoms with Crippen molar-refractivity contribution in [1.82, 2.24) is 4.98 Å². The molecule has 3 N–H and O–H groups in total. The van der Waals surface area contributed by atoms with Gasteiger partial charge in [0, 0.05) is 11.8 Å². The zero-order valence-corrected chi connectivity index (χ0v) is 7.20. The van der Waals surface area contributed by atoms with Gasteiger partial charge in [-0.3, -0.25) is 4.79 Å². The summed E-state index contributed by atoms with van der Waals surface area (Å²) >= 11 is 0. The summed E-state index contributed by atoms with van der Waals surface area (Å²) in [6.07, 6.45) is 0. The van der Waals surface area contributed by atoms with Crippen LogP contribution in [0, 0.1) is 6.92 Å². The topological polar surface area (TPSA) is 107 Å². The number of nitrogens with one attached hydrogen (secondary N) is 1. The molecule has 0 aliphatic rings. The van der Waals surface area contributed by atoms with E-state index in [4.69, 9.17) is 10.2 Å². The molecule has 0 saturated carbocycles. The van der Waals surface area contributed by atoms with Crippen LogP contribution in [-0.4, -0.2) is 27.1 Å². The van der Waals surface area contributed by atoms with Gasteiger partial charge < -0.3 is 15.2 Å². The lowest BCUT2D eigenvalue weighted by Crippen LogP contribution is -2.18. The van der Waals surface area contributed by atoms with Crippen molar-refractivity contribution in [3.8, 4) is 0 Å². The number of rotatable bonds is 2. The van der Waals surface area contributed by atoms with Gasteiger partial charge in [-0.2, -0.15) is 0 Å². The minimum atomic E-state index is -1.43. The SMILES string of the molecule is Cc1[nH]c(=O)cc(C(=O)O)c1C(=O)O. The van der Waals surface area contributed by atoms with E-state index in [1.54, 1.807) is 0 Å². The van der Waals surface area contributed by atoms with Crippen LogP contribution in [0.25, 0.3) is 0 Å². The van der Waals surface area contributed by atoms with Crippen molar-refractivity contribution in [3.05, 3.63) is 33.2 Å². The second kappa shape index (κ2) is 3.33. The van der Waals surface area contributed by atoms with Crippen molar-refractivity contribution in [2.75, 3.05) is 0 Å². The van der Waals surface area contributed by atoms with Crippen LogP contribution >= 0.6 is 0 Å². The Labute approximate surface area is 77.8 Å². The summed E-state index contributed by atoms with van der Waals surface area (Å²) in [5.74, 6) is -2.81. The van der Waals surface area contributed by atoms with Crippen LogP contribution in [0.5, 0.6) is 0 Å². The number of carbonyl (C=O) groups is 2. The molecule has 1 rings (SSSR count). The van der Waals surface area contributed by atoms with Crippen LogP contribution in [0.2, 0.25) is 0 Å². The lowest BCUT2D eigenvalue weighted by Gasteiger charge is -2.03. The molecule has 74 valence electrons. The highest BCUT2D eigenvalue weighted by Gasteiger charge is 2.19. The Morgan fingerprint density at radius 1 is 1.29 bits per heavy atom. The fraction of sp³-hybridized carbons (Fsp3) is 0.125. The highest BCUT2D eigenvalue weighted by atomic mass is 16.4. The molecule has 0 aliphatic carbocycles. The average molecular weight is 197 g/mol. The molecule has 6 heteroatoms. The Hall–Kier alpha value is -2.11. The predicted octanol–water partition coefficient (Wildman–Crippen LogP) is 0.0797. The van der Waals surface area contributed by atoms with Gasteiger partial charge in [-0.05, 0) is 6.92 Å². The van der Waals surface area contributed by atoms with Crippen LogP contribution in [0.15, 0.2) is 10.9 Å². The van der Waals surface area contributed by atoms with E-state index in [0.717, 1.165) is 6.07 Å². The van der Waals surface area contributed by atoms with Gasteiger partial charge in [0.05, 0.1) is 11.1 Å². The van der Waals surface area contributed by atoms with E-state index in [9.17, 15) is 14.4 Å². The number of aromatic amines is 1. The summed E-state index contributed by atoms with van der Waals surface area (Å²) in [6, 6.07) is 0.749. The molecule has 0 radical (unpaired) electrons. The van der Waals surface area contributed by atoms with E-state index >= 15 is 0 Å². The van der Waals surface area contributed by atoms with Crippen LogP contribution in [0.1, 0.15) is 26.4 Å². The van der Waals surface area contributed by atoms with Crippen molar-refractivity contribution >= 4 is 11.9 Å². The lowest BCUT2D eigenvalue weighted by atomic mass is 10.1. The van der Waals surface area contributed by atoms with Gasteiger partial charge in [0.2, 0.25) is 5.56 Å². The summed E-state index contributed by atoms with van der Waals surface area (Å²) in [5, 5.41) is 17.3. The maximum absolute atomic E-state index is 10.9. The molecule has 1 aromatic heterocycles. The van der Waals surface area contributed by atoms with Gasteiger partial charge in [0.25, 0.3) is 0 Å². The number of pyridine rings is 1. The quantitative estimate of drug-likeness (QED) is 0.622. The van der Waals surface area contributed by atoms with E-state index in [-0.39, 0.29) is 5.69 Å². The second-order valence-electron chi connectivity index (χ2n) is 2.66. The van der Waals surface area contributed by atoms with Crippen LogP contribution in [0.4, 0.5) is 0 Å². The highest BCUT2D eigenvalue weighted by molar-refractivity contribution is 6.02. The largest absolute Gasteiger partial charge is 0.478 e. The highest BCUT2D eigenvalue weighted by Crippen LogP contribution is 2.09. The maximum Gasteiger partial charge on any atom is 0.338 e. The first-order valence-corrected chi connectivity index (χ1v) is 3.64. The first kappa shape index (κ1) is 9.97. The molecule has 0 atom stereocenters. The smallest absolute Gasteiger partial charge is 0.338 e. The average Bonchev–Trinajstić information content (AvgIpc) is 2.01. The van der Waals surface area contributed by atoms with Gasteiger partial charge in [-0.1, -0.05) is 0 Å². The van der Waals surface area contributed by atoms with Gasteiger partial charge in [-0.25, -0.2) is 9.59 Å². The van der Waals surface area contributed by atoms with E-state index in [1.165, 1.54) is 6.92 Å². The third-order valence-electron chi connectivity index (χ3n) is 1.67. The monoisotopic (exact) mass is 197 g/mol. The number of carboxylic acids is 2. The van der Waals surface area contributed by atoms with Crippen molar-refractivity contribution in [3.63, 3.8) is 0 Å². The molecule has 0 spiro atoms. The molecule has 0 aromatic carbocycles. The van der Waals surface area contributed by atoms with E-state index < -0.39 is 28.6 Å². The molecule has 1 aromatic rings. The van der Waals surface area contributed by atoms with Crippen molar-refractivity contribution < 1.29 is 19.8 Å². The Morgan fingerprint density at radius 3 is 2.29 bits per heavy atom. The van der Waals surface area contributed by atoms with E-state index in [2.05, 4.69) is 4.98 Å². The van der Waals surface area contributed by atoms with Gasteiger partial charge in [0.1, 0.15) is 0 Å². The zero-order valence-electron chi connectivity index (χ0n) is 7.20.